The van der Waals surface area contributed by atoms with Gasteiger partial charge in [-0.2, -0.15) is 13.2 Å². The molecule has 20 heavy (non-hydrogen) atoms. The van der Waals surface area contributed by atoms with E-state index in [1.165, 1.54) is 30.5 Å². The van der Waals surface area contributed by atoms with Gasteiger partial charge in [-0.15, -0.1) is 0 Å². The summed E-state index contributed by atoms with van der Waals surface area (Å²) < 4.78 is 37.6. The molecule has 0 aliphatic carbocycles. The van der Waals surface area contributed by atoms with E-state index in [0.717, 1.165) is 12.1 Å². The van der Waals surface area contributed by atoms with Crippen LogP contribution < -0.4 is 11.1 Å². The lowest BCUT2D eigenvalue weighted by atomic mass is 10.2. The van der Waals surface area contributed by atoms with Crippen LogP contribution in [0.4, 0.5) is 24.7 Å². The van der Waals surface area contributed by atoms with Gasteiger partial charge in [0.05, 0.1) is 11.1 Å². The standard InChI is InChI=1S/C13H10F3N3O/c14-13(15,16)9-2-1-3-10(6-9)19-12(20)8-4-5-11(17)18-7-8/h1-7H,(H2,17,18)(H,19,20). The van der Waals surface area contributed by atoms with Crippen molar-refractivity contribution in [2.24, 2.45) is 0 Å². The zero-order valence-corrected chi connectivity index (χ0v) is 10.1. The number of aromatic nitrogens is 1. The third-order valence-corrected chi connectivity index (χ3v) is 2.50. The van der Waals surface area contributed by atoms with Crippen molar-refractivity contribution in [2.75, 3.05) is 11.1 Å². The topological polar surface area (TPSA) is 68.0 Å². The summed E-state index contributed by atoms with van der Waals surface area (Å²) in [5.41, 5.74) is 4.81. The van der Waals surface area contributed by atoms with Crippen molar-refractivity contribution < 1.29 is 18.0 Å². The summed E-state index contributed by atoms with van der Waals surface area (Å²) in [5.74, 6) is -0.308. The average molecular weight is 281 g/mol. The first kappa shape index (κ1) is 13.9. The average Bonchev–Trinajstić information content (AvgIpc) is 2.38. The molecule has 0 atom stereocenters. The molecule has 2 rings (SSSR count). The number of nitrogens with two attached hydrogens (primary N) is 1. The van der Waals surface area contributed by atoms with Gasteiger partial charge in [0.2, 0.25) is 0 Å². The predicted octanol–water partition coefficient (Wildman–Crippen LogP) is 2.93. The minimum Gasteiger partial charge on any atom is -0.384 e. The van der Waals surface area contributed by atoms with Gasteiger partial charge in [-0.1, -0.05) is 6.07 Å². The highest BCUT2D eigenvalue weighted by molar-refractivity contribution is 6.04. The van der Waals surface area contributed by atoms with E-state index < -0.39 is 17.6 Å². The molecule has 0 unspecified atom stereocenters. The molecular weight excluding hydrogens is 271 g/mol. The summed E-state index contributed by atoms with van der Waals surface area (Å²) in [4.78, 5) is 15.5. The van der Waals surface area contributed by atoms with Gasteiger partial charge in [0.1, 0.15) is 5.82 Å². The van der Waals surface area contributed by atoms with Crippen LogP contribution in [-0.4, -0.2) is 10.9 Å². The molecule has 1 amide bonds. The van der Waals surface area contributed by atoms with E-state index in [9.17, 15) is 18.0 Å². The first-order valence-corrected chi connectivity index (χ1v) is 5.56. The number of nitrogen functional groups attached to an aromatic ring is 1. The van der Waals surface area contributed by atoms with Crippen LogP contribution in [0.1, 0.15) is 15.9 Å². The second-order valence-corrected chi connectivity index (χ2v) is 4.00. The SMILES string of the molecule is Nc1ccc(C(=O)Nc2cccc(C(F)(F)F)c2)cn1. The van der Waals surface area contributed by atoms with Crippen molar-refractivity contribution in [1.29, 1.82) is 0 Å². The van der Waals surface area contributed by atoms with Crippen LogP contribution >= 0.6 is 0 Å². The van der Waals surface area contributed by atoms with Gasteiger partial charge in [0, 0.05) is 11.9 Å². The van der Waals surface area contributed by atoms with Crippen LogP contribution in [0, 0.1) is 0 Å². The third kappa shape index (κ3) is 3.25. The number of pyridine rings is 1. The predicted molar refractivity (Wildman–Crippen MR) is 68.0 cm³/mol. The molecule has 0 saturated carbocycles. The molecule has 2 aromatic rings. The molecule has 0 fully saturated rings. The number of nitrogens with zero attached hydrogens (tertiary/aromatic N) is 1. The fraction of sp³-hybridized carbons (Fsp3) is 0.0769. The maximum absolute atomic E-state index is 12.5. The number of benzene rings is 1. The molecular formula is C13H10F3N3O. The Kier molecular flexibility index (Phi) is 3.60. The first-order valence-electron chi connectivity index (χ1n) is 5.56. The molecule has 1 aromatic carbocycles. The number of alkyl halides is 3. The number of hydrogen-bond acceptors (Lipinski definition) is 3. The normalized spacial score (nSPS) is 11.2. The quantitative estimate of drug-likeness (QED) is 0.889. The molecule has 0 bridgehead atoms. The van der Waals surface area contributed by atoms with E-state index in [1.807, 2.05) is 0 Å². The van der Waals surface area contributed by atoms with Gasteiger partial charge in [0.25, 0.3) is 5.91 Å². The molecule has 0 aliphatic heterocycles. The van der Waals surface area contributed by atoms with E-state index in [1.54, 1.807) is 0 Å². The summed E-state index contributed by atoms with van der Waals surface area (Å²) in [6.45, 7) is 0. The van der Waals surface area contributed by atoms with Crippen LogP contribution in [0.25, 0.3) is 0 Å². The summed E-state index contributed by atoms with van der Waals surface area (Å²) in [7, 11) is 0. The number of nitrogens with one attached hydrogen (secondary N) is 1. The molecule has 0 radical (unpaired) electrons. The number of carbonyl (C=O) groups excluding carboxylic acids is 1. The Morgan fingerprint density at radius 2 is 1.95 bits per heavy atom. The lowest BCUT2D eigenvalue weighted by Gasteiger charge is -2.09. The monoisotopic (exact) mass is 281 g/mol. The molecule has 3 N–H and O–H groups in total. The Morgan fingerprint density at radius 1 is 1.20 bits per heavy atom. The highest BCUT2D eigenvalue weighted by Crippen LogP contribution is 2.30. The highest BCUT2D eigenvalue weighted by atomic mass is 19.4. The second kappa shape index (κ2) is 5.20. The maximum atomic E-state index is 12.5. The van der Waals surface area contributed by atoms with Gasteiger partial charge >= 0.3 is 6.18 Å². The Hall–Kier alpha value is -2.57. The van der Waals surface area contributed by atoms with Crippen molar-refractivity contribution >= 4 is 17.4 Å². The molecule has 4 nitrogen and oxygen atoms in total. The van der Waals surface area contributed by atoms with Crippen molar-refractivity contribution in [3.8, 4) is 0 Å². The Labute approximate surface area is 112 Å². The van der Waals surface area contributed by atoms with Gasteiger partial charge in [-0.05, 0) is 30.3 Å². The largest absolute Gasteiger partial charge is 0.416 e. The van der Waals surface area contributed by atoms with Gasteiger partial charge in [0.15, 0.2) is 0 Å². The lowest BCUT2D eigenvalue weighted by molar-refractivity contribution is -0.137. The van der Waals surface area contributed by atoms with E-state index in [0.29, 0.717) is 0 Å². The van der Waals surface area contributed by atoms with E-state index in [2.05, 4.69) is 10.3 Å². The molecule has 104 valence electrons. The summed E-state index contributed by atoms with van der Waals surface area (Å²) in [6.07, 6.45) is -3.21. The van der Waals surface area contributed by atoms with Crippen molar-refractivity contribution in [3.63, 3.8) is 0 Å². The van der Waals surface area contributed by atoms with Crippen molar-refractivity contribution in [2.45, 2.75) is 6.18 Å². The first-order chi connectivity index (χ1) is 9.36. The Balaban J connectivity index is 2.18. The minimum atomic E-state index is -4.45. The van der Waals surface area contributed by atoms with E-state index >= 15 is 0 Å². The fourth-order valence-corrected chi connectivity index (χ4v) is 1.52. The van der Waals surface area contributed by atoms with E-state index in [4.69, 9.17) is 5.73 Å². The third-order valence-electron chi connectivity index (χ3n) is 2.50. The molecule has 1 aromatic heterocycles. The number of anilines is 2. The Morgan fingerprint density at radius 3 is 2.55 bits per heavy atom. The zero-order chi connectivity index (χ0) is 14.8. The smallest absolute Gasteiger partial charge is 0.384 e. The highest BCUT2D eigenvalue weighted by Gasteiger charge is 2.30. The van der Waals surface area contributed by atoms with E-state index in [-0.39, 0.29) is 17.1 Å². The number of hydrogen-bond donors (Lipinski definition) is 2. The van der Waals surface area contributed by atoms with Crippen LogP contribution in [0.15, 0.2) is 42.6 Å². The van der Waals surface area contributed by atoms with Gasteiger partial charge in [-0.3, -0.25) is 4.79 Å². The second-order valence-electron chi connectivity index (χ2n) is 4.00. The molecule has 1 heterocycles. The Bertz CT molecular complexity index is 624. The van der Waals surface area contributed by atoms with Gasteiger partial charge in [-0.25, -0.2) is 4.98 Å². The fourth-order valence-electron chi connectivity index (χ4n) is 1.52. The van der Waals surface area contributed by atoms with Gasteiger partial charge < -0.3 is 11.1 Å². The van der Waals surface area contributed by atoms with Crippen LogP contribution in [0.5, 0.6) is 0 Å². The van der Waals surface area contributed by atoms with Crippen LogP contribution in [0.2, 0.25) is 0 Å². The molecule has 7 heteroatoms. The lowest BCUT2D eigenvalue weighted by Crippen LogP contribution is -2.13. The van der Waals surface area contributed by atoms with Crippen molar-refractivity contribution in [3.05, 3.63) is 53.7 Å². The number of rotatable bonds is 2. The molecule has 0 spiro atoms. The summed E-state index contributed by atoms with van der Waals surface area (Å²) in [6, 6.07) is 7.26. The van der Waals surface area contributed by atoms with Crippen LogP contribution in [0.3, 0.4) is 0 Å². The maximum Gasteiger partial charge on any atom is 0.416 e. The summed E-state index contributed by atoms with van der Waals surface area (Å²) in [5, 5.41) is 2.37. The number of amides is 1. The zero-order valence-electron chi connectivity index (χ0n) is 10.1. The number of carbonyl (C=O) groups is 1. The van der Waals surface area contributed by atoms with Crippen molar-refractivity contribution in [1.82, 2.24) is 4.98 Å². The molecule has 0 aliphatic rings. The van der Waals surface area contributed by atoms with Crippen LogP contribution in [-0.2, 0) is 6.18 Å². The number of halogens is 3. The minimum absolute atomic E-state index is 0.0571. The summed E-state index contributed by atoms with van der Waals surface area (Å²) >= 11 is 0. The molecule has 0 saturated heterocycles.